The molecule has 0 saturated heterocycles. The van der Waals surface area contributed by atoms with E-state index in [2.05, 4.69) is 61.2 Å². The molecule has 0 amide bonds. The van der Waals surface area contributed by atoms with Crippen LogP contribution >= 0.6 is 0 Å². The van der Waals surface area contributed by atoms with Crippen LogP contribution in [0.3, 0.4) is 0 Å². The molecule has 0 spiro atoms. The number of aryl methyl sites for hydroxylation is 1. The van der Waals surface area contributed by atoms with Gasteiger partial charge in [-0.2, -0.15) is 0 Å². The van der Waals surface area contributed by atoms with E-state index in [1.165, 1.54) is 28.8 Å². The van der Waals surface area contributed by atoms with Crippen molar-refractivity contribution in [2.45, 2.75) is 52.5 Å². The van der Waals surface area contributed by atoms with E-state index in [-0.39, 0.29) is 5.78 Å². The topological polar surface area (TPSA) is 20.3 Å². The van der Waals surface area contributed by atoms with E-state index in [0.29, 0.717) is 12.3 Å². The summed E-state index contributed by atoms with van der Waals surface area (Å²) in [5.41, 5.74) is 6.11. The molecule has 0 fully saturated rings. The van der Waals surface area contributed by atoms with Gasteiger partial charge in [-0.3, -0.25) is 4.79 Å². The number of nitrogens with zero attached hydrogens (tertiary/aromatic N) is 1. The van der Waals surface area contributed by atoms with Gasteiger partial charge >= 0.3 is 0 Å². The highest BCUT2D eigenvalue weighted by atomic mass is 16.1. The Hall–Kier alpha value is -2.09. The molecule has 0 bridgehead atoms. The standard InChI is InChI=1S/C22H27NO/c1-4-18-13-19-16(3)11-12-23(15-17-9-7-6-8-10-17)21(19)14-20(18)22(24)5-2/h6-10,13-14,16H,4-5,11-12,15H2,1-3H3. The molecule has 0 radical (unpaired) electrons. The fourth-order valence-electron chi connectivity index (χ4n) is 3.66. The van der Waals surface area contributed by atoms with E-state index in [9.17, 15) is 4.79 Å². The molecular weight excluding hydrogens is 294 g/mol. The zero-order chi connectivity index (χ0) is 17.1. The number of carbonyl (C=O) groups excluding carboxylic acids is 1. The van der Waals surface area contributed by atoms with Crippen LogP contribution in [0.15, 0.2) is 42.5 Å². The third-order valence-corrected chi connectivity index (χ3v) is 5.17. The summed E-state index contributed by atoms with van der Waals surface area (Å²) in [6.45, 7) is 8.36. The monoisotopic (exact) mass is 321 g/mol. The van der Waals surface area contributed by atoms with Gasteiger partial charge in [-0.25, -0.2) is 0 Å². The van der Waals surface area contributed by atoms with Crippen molar-refractivity contribution in [1.29, 1.82) is 0 Å². The number of benzene rings is 2. The van der Waals surface area contributed by atoms with Crippen LogP contribution < -0.4 is 4.90 Å². The third kappa shape index (κ3) is 3.24. The minimum Gasteiger partial charge on any atom is -0.367 e. The highest BCUT2D eigenvalue weighted by molar-refractivity contribution is 5.98. The molecule has 2 aromatic rings. The number of Topliss-reactive ketones (excluding diaryl/α,β-unsaturated/α-hetero) is 1. The van der Waals surface area contributed by atoms with Crippen molar-refractivity contribution >= 4 is 11.5 Å². The molecule has 3 rings (SSSR count). The Kier molecular flexibility index (Phi) is 5.03. The van der Waals surface area contributed by atoms with Crippen LogP contribution in [0.2, 0.25) is 0 Å². The van der Waals surface area contributed by atoms with Gasteiger partial charge in [0.15, 0.2) is 5.78 Å². The first-order valence-corrected chi connectivity index (χ1v) is 9.12. The maximum Gasteiger partial charge on any atom is 0.162 e. The molecule has 1 unspecified atom stereocenters. The first-order valence-electron chi connectivity index (χ1n) is 9.12. The third-order valence-electron chi connectivity index (χ3n) is 5.17. The number of hydrogen-bond acceptors (Lipinski definition) is 2. The smallest absolute Gasteiger partial charge is 0.162 e. The van der Waals surface area contributed by atoms with Crippen LogP contribution in [-0.4, -0.2) is 12.3 Å². The van der Waals surface area contributed by atoms with Crippen molar-refractivity contribution < 1.29 is 4.79 Å². The molecule has 2 nitrogen and oxygen atoms in total. The van der Waals surface area contributed by atoms with Crippen LogP contribution in [-0.2, 0) is 13.0 Å². The van der Waals surface area contributed by atoms with Gasteiger partial charge < -0.3 is 4.90 Å². The molecular formula is C22H27NO. The van der Waals surface area contributed by atoms with Crippen molar-refractivity contribution in [2.24, 2.45) is 0 Å². The Balaban J connectivity index is 2.03. The van der Waals surface area contributed by atoms with Crippen LogP contribution in [0, 0.1) is 0 Å². The van der Waals surface area contributed by atoms with Crippen LogP contribution in [0.1, 0.15) is 66.6 Å². The number of fused-ring (bicyclic) bond motifs is 1. The van der Waals surface area contributed by atoms with Gasteiger partial charge in [0.1, 0.15) is 0 Å². The highest BCUT2D eigenvalue weighted by Crippen LogP contribution is 2.38. The van der Waals surface area contributed by atoms with Crippen molar-refractivity contribution in [2.75, 3.05) is 11.4 Å². The lowest BCUT2D eigenvalue weighted by Crippen LogP contribution is -2.30. The lowest BCUT2D eigenvalue weighted by atomic mass is 9.86. The molecule has 0 saturated carbocycles. The van der Waals surface area contributed by atoms with Gasteiger partial charge in [0, 0.05) is 30.8 Å². The molecule has 0 N–H and O–H groups in total. The molecule has 24 heavy (non-hydrogen) atoms. The van der Waals surface area contributed by atoms with E-state index in [4.69, 9.17) is 0 Å². The molecule has 126 valence electrons. The van der Waals surface area contributed by atoms with Crippen molar-refractivity contribution in [1.82, 2.24) is 0 Å². The lowest BCUT2D eigenvalue weighted by molar-refractivity contribution is 0.0987. The Morgan fingerprint density at radius 2 is 1.92 bits per heavy atom. The Morgan fingerprint density at radius 1 is 1.17 bits per heavy atom. The van der Waals surface area contributed by atoms with Gasteiger partial charge in [-0.05, 0) is 41.5 Å². The van der Waals surface area contributed by atoms with Gasteiger partial charge in [0.05, 0.1) is 0 Å². The number of carbonyl (C=O) groups is 1. The molecule has 1 aliphatic heterocycles. The molecule has 0 aliphatic carbocycles. The second kappa shape index (κ2) is 7.21. The predicted octanol–water partition coefficient (Wildman–Crippen LogP) is 5.36. The van der Waals surface area contributed by atoms with Crippen molar-refractivity contribution in [3.63, 3.8) is 0 Å². The average Bonchev–Trinajstić information content (AvgIpc) is 2.63. The summed E-state index contributed by atoms with van der Waals surface area (Å²) in [7, 11) is 0. The summed E-state index contributed by atoms with van der Waals surface area (Å²) in [5.74, 6) is 0.815. The van der Waals surface area contributed by atoms with E-state index in [1.54, 1.807) is 0 Å². The Labute approximate surface area is 145 Å². The van der Waals surface area contributed by atoms with Crippen molar-refractivity contribution in [3.05, 3.63) is 64.7 Å². The number of ketones is 1. The summed E-state index contributed by atoms with van der Waals surface area (Å²) in [4.78, 5) is 14.8. The zero-order valence-corrected chi connectivity index (χ0v) is 15.0. The summed E-state index contributed by atoms with van der Waals surface area (Å²) >= 11 is 0. The first kappa shape index (κ1) is 16.8. The van der Waals surface area contributed by atoms with E-state index < -0.39 is 0 Å². The minimum absolute atomic E-state index is 0.257. The average molecular weight is 321 g/mol. The maximum atomic E-state index is 12.4. The molecule has 1 heterocycles. The van der Waals surface area contributed by atoms with Crippen LogP contribution in [0.5, 0.6) is 0 Å². The quantitative estimate of drug-likeness (QED) is 0.691. The van der Waals surface area contributed by atoms with Gasteiger partial charge in [0.2, 0.25) is 0 Å². The first-order chi connectivity index (χ1) is 11.6. The summed E-state index contributed by atoms with van der Waals surface area (Å²) in [6, 6.07) is 15.1. The number of anilines is 1. The fraction of sp³-hybridized carbons (Fsp3) is 0.409. The molecule has 1 atom stereocenters. The summed E-state index contributed by atoms with van der Waals surface area (Å²) in [5, 5.41) is 0. The van der Waals surface area contributed by atoms with Crippen LogP contribution in [0.25, 0.3) is 0 Å². The van der Waals surface area contributed by atoms with Gasteiger partial charge in [0.25, 0.3) is 0 Å². The molecule has 2 heteroatoms. The number of rotatable bonds is 5. The largest absolute Gasteiger partial charge is 0.367 e. The second-order valence-corrected chi connectivity index (χ2v) is 6.80. The van der Waals surface area contributed by atoms with E-state index in [0.717, 1.165) is 25.1 Å². The van der Waals surface area contributed by atoms with Crippen LogP contribution in [0.4, 0.5) is 5.69 Å². The highest BCUT2D eigenvalue weighted by Gasteiger charge is 2.25. The number of hydrogen-bond donors (Lipinski definition) is 0. The second-order valence-electron chi connectivity index (χ2n) is 6.80. The maximum absolute atomic E-state index is 12.4. The van der Waals surface area contributed by atoms with Gasteiger partial charge in [-0.15, -0.1) is 0 Å². The van der Waals surface area contributed by atoms with Gasteiger partial charge in [-0.1, -0.05) is 57.2 Å². The molecule has 1 aliphatic rings. The zero-order valence-electron chi connectivity index (χ0n) is 15.0. The Morgan fingerprint density at radius 3 is 2.58 bits per heavy atom. The van der Waals surface area contributed by atoms with E-state index >= 15 is 0 Å². The Bertz CT molecular complexity index is 720. The fourth-order valence-corrected chi connectivity index (χ4v) is 3.66. The lowest BCUT2D eigenvalue weighted by Gasteiger charge is -2.35. The minimum atomic E-state index is 0.257. The van der Waals surface area contributed by atoms with Crippen molar-refractivity contribution in [3.8, 4) is 0 Å². The molecule has 0 aromatic heterocycles. The van der Waals surface area contributed by atoms with E-state index in [1.807, 2.05) is 6.92 Å². The summed E-state index contributed by atoms with van der Waals surface area (Å²) in [6.07, 6.45) is 2.66. The normalized spacial score (nSPS) is 16.8. The molecule has 2 aromatic carbocycles. The summed E-state index contributed by atoms with van der Waals surface area (Å²) < 4.78 is 0. The predicted molar refractivity (Wildman–Crippen MR) is 101 cm³/mol. The SMILES string of the molecule is CCC(=O)c1cc2c(cc1CC)C(C)CCN2Cc1ccccc1.